The Morgan fingerprint density at radius 2 is 1.76 bits per heavy atom. The summed E-state index contributed by atoms with van der Waals surface area (Å²) in [5, 5.41) is 21.4. The van der Waals surface area contributed by atoms with Crippen LogP contribution in [-0.4, -0.2) is 40.2 Å². The predicted octanol–water partition coefficient (Wildman–Crippen LogP) is 8.73. The molecule has 0 saturated carbocycles. The van der Waals surface area contributed by atoms with E-state index in [4.69, 9.17) is 32.7 Å². The maximum Gasteiger partial charge on any atom is 0.301 e. The fourth-order valence-electron chi connectivity index (χ4n) is 4.84. The van der Waals surface area contributed by atoms with Crippen molar-refractivity contribution in [3.05, 3.63) is 99.0 Å². The van der Waals surface area contributed by atoms with Gasteiger partial charge in [-0.3, -0.25) is 14.5 Å². The zero-order valence-corrected chi connectivity index (χ0v) is 27.8. The molecule has 1 N–H and O–H groups in total. The van der Waals surface area contributed by atoms with Gasteiger partial charge in [0.15, 0.2) is 15.8 Å². The highest BCUT2D eigenvalue weighted by atomic mass is 35.5. The van der Waals surface area contributed by atoms with Crippen LogP contribution in [-0.2, 0) is 15.3 Å². The first-order valence-electron chi connectivity index (χ1n) is 14.5. The van der Waals surface area contributed by atoms with Crippen LogP contribution in [0.25, 0.3) is 5.76 Å². The van der Waals surface area contributed by atoms with Crippen molar-refractivity contribution in [2.24, 2.45) is 0 Å². The standard InChI is InChI=1S/C33H31Cl2N3O5S2/c1-3-5-8-17-43-25-16-13-21(18-26(25)42-4-2)28-27(29(39)20-11-14-23(34)15-12-20)30(40)31(41)38(28)32-36-37-33(45-32)44-19-22-9-6-7-10-24(22)35/h6-7,9-16,18,28,39H,3-5,8,17,19H2,1-2H3. The van der Waals surface area contributed by atoms with Gasteiger partial charge in [-0.25, -0.2) is 0 Å². The molecule has 0 bridgehead atoms. The van der Waals surface area contributed by atoms with Crippen molar-refractivity contribution in [2.45, 2.75) is 49.2 Å². The Kier molecular flexibility index (Phi) is 11.0. The molecule has 1 aliphatic heterocycles. The number of anilines is 1. The molecule has 1 atom stereocenters. The van der Waals surface area contributed by atoms with Gasteiger partial charge in [0.05, 0.1) is 24.8 Å². The van der Waals surface area contributed by atoms with Gasteiger partial charge in [0, 0.05) is 21.4 Å². The van der Waals surface area contributed by atoms with Crippen molar-refractivity contribution in [2.75, 3.05) is 18.1 Å². The van der Waals surface area contributed by atoms with Crippen LogP contribution in [0.15, 0.2) is 76.6 Å². The summed E-state index contributed by atoms with van der Waals surface area (Å²) in [4.78, 5) is 28.6. The number of aromatic nitrogens is 2. The van der Waals surface area contributed by atoms with Gasteiger partial charge in [-0.2, -0.15) is 0 Å². The number of carbonyl (C=O) groups excluding carboxylic acids is 2. The second-order valence-electron chi connectivity index (χ2n) is 10.1. The molecule has 1 fully saturated rings. The molecule has 3 aromatic carbocycles. The first kappa shape index (κ1) is 32.8. The third-order valence-electron chi connectivity index (χ3n) is 7.06. The summed E-state index contributed by atoms with van der Waals surface area (Å²) in [6.45, 7) is 4.90. The van der Waals surface area contributed by atoms with E-state index in [0.29, 0.717) is 56.0 Å². The molecule has 1 aromatic heterocycles. The van der Waals surface area contributed by atoms with Crippen molar-refractivity contribution in [1.29, 1.82) is 0 Å². The highest BCUT2D eigenvalue weighted by Crippen LogP contribution is 2.46. The summed E-state index contributed by atoms with van der Waals surface area (Å²) >= 11 is 15.0. The third kappa shape index (κ3) is 7.47. The van der Waals surface area contributed by atoms with Gasteiger partial charge in [-0.1, -0.05) is 90.3 Å². The minimum atomic E-state index is -1.01. The number of amides is 1. The quantitative estimate of drug-likeness (QED) is 0.0373. The number of aliphatic hydroxyl groups is 1. The fraction of sp³-hybridized carbons (Fsp3) is 0.273. The van der Waals surface area contributed by atoms with E-state index in [-0.39, 0.29) is 16.5 Å². The zero-order chi connectivity index (χ0) is 31.9. The van der Waals surface area contributed by atoms with E-state index in [1.807, 2.05) is 31.2 Å². The van der Waals surface area contributed by atoms with Crippen molar-refractivity contribution in [3.63, 3.8) is 0 Å². The highest BCUT2D eigenvalue weighted by Gasteiger charge is 2.48. The van der Waals surface area contributed by atoms with Crippen molar-refractivity contribution >= 4 is 68.9 Å². The number of ketones is 1. The fourth-order valence-corrected chi connectivity index (χ4v) is 7.12. The third-order valence-corrected chi connectivity index (χ3v) is 9.79. The predicted molar refractivity (Wildman–Crippen MR) is 180 cm³/mol. The molecule has 4 aromatic rings. The normalized spacial score (nSPS) is 15.9. The summed E-state index contributed by atoms with van der Waals surface area (Å²) in [5.41, 5.74) is 1.73. The van der Waals surface area contributed by atoms with Crippen molar-refractivity contribution < 1.29 is 24.2 Å². The Balaban J connectivity index is 1.55. The van der Waals surface area contributed by atoms with Crippen LogP contribution in [0.1, 0.15) is 55.8 Å². The smallest absolute Gasteiger partial charge is 0.301 e. The lowest BCUT2D eigenvalue weighted by Crippen LogP contribution is -2.29. The number of rotatable bonds is 13. The van der Waals surface area contributed by atoms with Crippen LogP contribution in [0, 0.1) is 0 Å². The molecule has 1 amide bonds. The second-order valence-corrected chi connectivity index (χ2v) is 13.1. The topological polar surface area (TPSA) is 102 Å². The van der Waals surface area contributed by atoms with Crippen LogP contribution in [0.4, 0.5) is 5.13 Å². The summed E-state index contributed by atoms with van der Waals surface area (Å²) < 4.78 is 12.5. The lowest BCUT2D eigenvalue weighted by molar-refractivity contribution is -0.132. The molecule has 5 rings (SSSR count). The van der Waals surface area contributed by atoms with E-state index in [1.165, 1.54) is 28.0 Å². The first-order chi connectivity index (χ1) is 21.8. The molecule has 0 aliphatic carbocycles. The monoisotopic (exact) mass is 683 g/mol. The molecule has 1 unspecified atom stereocenters. The maximum absolute atomic E-state index is 13.7. The largest absolute Gasteiger partial charge is 0.507 e. The van der Waals surface area contributed by atoms with Gasteiger partial charge in [0.1, 0.15) is 5.76 Å². The molecule has 234 valence electrons. The number of carbonyl (C=O) groups is 2. The number of thioether (sulfide) groups is 1. The molecule has 1 saturated heterocycles. The summed E-state index contributed by atoms with van der Waals surface area (Å²) in [6, 6.07) is 18.2. The minimum absolute atomic E-state index is 0.0816. The Morgan fingerprint density at radius 3 is 2.49 bits per heavy atom. The van der Waals surface area contributed by atoms with Crippen LogP contribution < -0.4 is 14.4 Å². The van der Waals surface area contributed by atoms with E-state index in [9.17, 15) is 14.7 Å². The minimum Gasteiger partial charge on any atom is -0.507 e. The lowest BCUT2D eigenvalue weighted by Gasteiger charge is -2.23. The Morgan fingerprint density at radius 1 is 0.978 bits per heavy atom. The van der Waals surface area contributed by atoms with Gasteiger partial charge in [0.25, 0.3) is 5.78 Å². The SMILES string of the molecule is CCCCCOc1ccc(C2C(=C(O)c3ccc(Cl)cc3)C(=O)C(=O)N2c2nnc(SCc3ccccc3Cl)s2)cc1OCC. The molecule has 0 spiro atoms. The Labute approximate surface area is 280 Å². The molecule has 2 heterocycles. The average molecular weight is 685 g/mol. The summed E-state index contributed by atoms with van der Waals surface area (Å²) in [6.07, 6.45) is 3.01. The van der Waals surface area contributed by atoms with E-state index in [2.05, 4.69) is 17.1 Å². The van der Waals surface area contributed by atoms with Gasteiger partial charge < -0.3 is 14.6 Å². The van der Waals surface area contributed by atoms with Crippen LogP contribution in [0.3, 0.4) is 0 Å². The Bertz CT molecular complexity index is 1710. The molecular formula is C33H31Cl2N3O5S2. The van der Waals surface area contributed by atoms with Crippen LogP contribution in [0.5, 0.6) is 11.5 Å². The number of aliphatic hydroxyl groups excluding tert-OH is 1. The number of ether oxygens (including phenoxy) is 2. The molecule has 1 aliphatic rings. The highest BCUT2D eigenvalue weighted by molar-refractivity contribution is 8.00. The second kappa shape index (κ2) is 15.1. The Hall–Kier alpha value is -3.57. The number of Topliss-reactive ketones (excluding diaryl/α,β-unsaturated/α-hetero) is 1. The van der Waals surface area contributed by atoms with Gasteiger partial charge >= 0.3 is 5.91 Å². The molecule has 45 heavy (non-hydrogen) atoms. The van der Waals surface area contributed by atoms with Gasteiger partial charge in [0.2, 0.25) is 5.13 Å². The summed E-state index contributed by atoms with van der Waals surface area (Å²) in [7, 11) is 0. The molecular weight excluding hydrogens is 653 g/mol. The average Bonchev–Trinajstić information content (AvgIpc) is 3.61. The number of unbranched alkanes of at least 4 members (excludes halogenated alkanes) is 2. The number of halogens is 2. The van der Waals surface area contributed by atoms with E-state index in [0.717, 1.165) is 24.8 Å². The lowest BCUT2D eigenvalue weighted by atomic mass is 9.95. The number of benzene rings is 3. The molecule has 12 heteroatoms. The first-order valence-corrected chi connectivity index (χ1v) is 17.0. The van der Waals surface area contributed by atoms with Crippen LogP contribution in [0.2, 0.25) is 10.0 Å². The van der Waals surface area contributed by atoms with Crippen LogP contribution >= 0.6 is 46.3 Å². The van der Waals surface area contributed by atoms with E-state index >= 15 is 0 Å². The molecule has 8 nitrogen and oxygen atoms in total. The van der Waals surface area contributed by atoms with Crippen molar-refractivity contribution in [3.8, 4) is 11.5 Å². The number of nitrogens with zero attached hydrogens (tertiary/aromatic N) is 3. The van der Waals surface area contributed by atoms with E-state index in [1.54, 1.807) is 42.5 Å². The summed E-state index contributed by atoms with van der Waals surface area (Å²) in [5.74, 6) is -0.423. The molecule has 0 radical (unpaired) electrons. The van der Waals surface area contributed by atoms with Gasteiger partial charge in [-0.15, -0.1) is 10.2 Å². The van der Waals surface area contributed by atoms with E-state index < -0.39 is 17.7 Å². The zero-order valence-electron chi connectivity index (χ0n) is 24.7. The van der Waals surface area contributed by atoms with Crippen molar-refractivity contribution in [1.82, 2.24) is 10.2 Å². The number of hydrogen-bond donors (Lipinski definition) is 1. The maximum atomic E-state index is 13.7. The van der Waals surface area contributed by atoms with Gasteiger partial charge in [-0.05, 0) is 66.9 Å². The number of hydrogen-bond acceptors (Lipinski definition) is 9.